The summed E-state index contributed by atoms with van der Waals surface area (Å²) in [5.74, 6) is -0.125. The maximum atomic E-state index is 8.25. The van der Waals surface area contributed by atoms with Gasteiger partial charge in [0.2, 0.25) is 0 Å². The molecule has 1 aliphatic rings. The highest BCUT2D eigenvalue weighted by Gasteiger charge is 2.12. The molecule has 6 heavy (non-hydrogen) atoms. The molecule has 1 rings (SSSR count). The summed E-state index contributed by atoms with van der Waals surface area (Å²) >= 11 is 0.934. The van der Waals surface area contributed by atoms with Crippen molar-refractivity contribution in [2.75, 3.05) is 0 Å². The molecule has 3 nitrogen and oxygen atoms in total. The minimum atomic E-state index is -0.125. The zero-order valence-electron chi connectivity index (χ0n) is 2.75. The smallest absolute Gasteiger partial charge is 0.437 e. The van der Waals surface area contributed by atoms with Crippen molar-refractivity contribution < 1.29 is 5.11 Å². The average Bonchev–Trinajstić information content (AvgIpc) is 1.86. The van der Waals surface area contributed by atoms with Gasteiger partial charge in [-0.05, 0) is 0 Å². The first-order chi connectivity index (χ1) is 2.89. The van der Waals surface area contributed by atoms with Crippen LogP contribution in [0, 0.1) is 0 Å². The van der Waals surface area contributed by atoms with Gasteiger partial charge >= 0.3 is 24.2 Å². The van der Waals surface area contributed by atoms with E-state index in [1.807, 2.05) is 0 Å². The molecule has 1 heterocycles. The summed E-state index contributed by atoms with van der Waals surface area (Å²) in [6.45, 7) is 0. The second kappa shape index (κ2) is 1.30. The molecule has 0 spiro atoms. The quantitative estimate of drug-likeness (QED) is 0.429. The van der Waals surface area contributed by atoms with Crippen LogP contribution in [0.15, 0.2) is 4.40 Å². The highest BCUT2D eigenvalue weighted by atomic mass is 32.2. The Balaban J connectivity index is 2.68. The number of hydrogen-bond acceptors (Lipinski definition) is 3. The Morgan fingerprint density at radius 1 is 2.00 bits per heavy atom. The van der Waals surface area contributed by atoms with Gasteiger partial charge in [0.25, 0.3) is 0 Å². The van der Waals surface area contributed by atoms with Gasteiger partial charge in [-0.2, -0.15) is 0 Å². The van der Waals surface area contributed by atoms with Crippen LogP contribution in [0.3, 0.4) is 0 Å². The number of nitrogens with zero attached hydrogens (tertiary/aromatic N) is 2. The van der Waals surface area contributed by atoms with E-state index in [0.717, 1.165) is 12.1 Å². The summed E-state index contributed by atoms with van der Waals surface area (Å²) in [7, 11) is 0. The van der Waals surface area contributed by atoms with E-state index in [1.54, 1.807) is 0 Å². The van der Waals surface area contributed by atoms with Crippen LogP contribution >= 0.6 is 12.1 Å². The molecule has 2 radical (unpaired) electrons. The molecule has 0 bridgehead atoms. The Labute approximate surface area is 39.1 Å². The van der Waals surface area contributed by atoms with Crippen LogP contribution in [-0.2, 0) is 0 Å². The Kier molecular flexibility index (Phi) is 0.795. The Bertz CT molecular complexity index is 105. The predicted molar refractivity (Wildman–Crippen MR) is 24.8 cm³/mol. The lowest BCUT2D eigenvalue weighted by Crippen LogP contribution is -1.91. The minimum Gasteiger partial charge on any atom is -0.488 e. The lowest BCUT2D eigenvalue weighted by atomic mass is 10.8. The minimum absolute atomic E-state index is 0.125. The van der Waals surface area contributed by atoms with Crippen molar-refractivity contribution >= 4 is 24.2 Å². The summed E-state index contributed by atoms with van der Waals surface area (Å²) in [4.78, 5) is 0. The summed E-state index contributed by atoms with van der Waals surface area (Å²) in [6.07, 6.45) is 2.21. The van der Waals surface area contributed by atoms with Crippen LogP contribution in [0.25, 0.3) is 0 Å². The Morgan fingerprint density at radius 2 is 2.83 bits per heavy atom. The maximum absolute atomic E-state index is 8.25. The molecule has 0 aliphatic carbocycles. The first-order valence-electron chi connectivity index (χ1n) is 1.29. The van der Waals surface area contributed by atoms with Crippen molar-refractivity contribution in [3.8, 4) is 0 Å². The van der Waals surface area contributed by atoms with Gasteiger partial charge in [-0.1, -0.05) is 0 Å². The SMILES string of the molecule is OC1=NS[N+]=[C]1. The molecule has 0 atom stereocenters. The van der Waals surface area contributed by atoms with Crippen molar-refractivity contribution in [1.29, 1.82) is 0 Å². The lowest BCUT2D eigenvalue weighted by Gasteiger charge is -1.59. The zero-order chi connectivity index (χ0) is 4.41. The Morgan fingerprint density at radius 3 is 3.00 bits per heavy atom. The predicted octanol–water partition coefficient (Wildman–Crippen LogP) is -0.197. The molecule has 0 saturated carbocycles. The van der Waals surface area contributed by atoms with Gasteiger partial charge in [0.05, 0.1) is 0 Å². The van der Waals surface area contributed by atoms with Crippen molar-refractivity contribution in [3.63, 3.8) is 0 Å². The van der Waals surface area contributed by atoms with Gasteiger partial charge in [0.1, 0.15) is 0 Å². The van der Waals surface area contributed by atoms with Crippen molar-refractivity contribution in [1.82, 2.24) is 4.40 Å². The van der Waals surface area contributed by atoms with Gasteiger partial charge in [-0.25, -0.2) is 0 Å². The van der Waals surface area contributed by atoms with Gasteiger partial charge in [0, 0.05) is 0 Å². The summed E-state index contributed by atoms with van der Waals surface area (Å²) in [5.41, 5.74) is 0. The number of rotatable bonds is 0. The van der Waals surface area contributed by atoms with E-state index in [0.29, 0.717) is 0 Å². The van der Waals surface area contributed by atoms with E-state index in [9.17, 15) is 0 Å². The van der Waals surface area contributed by atoms with E-state index in [-0.39, 0.29) is 5.90 Å². The lowest BCUT2D eigenvalue weighted by molar-refractivity contribution is 0.569. The van der Waals surface area contributed by atoms with Crippen molar-refractivity contribution in [3.05, 3.63) is 0 Å². The van der Waals surface area contributed by atoms with Crippen molar-refractivity contribution in [2.24, 2.45) is 4.40 Å². The standard InChI is InChI=1S/C2HN2OS/c5-2-1-3-6-4-2/h(H,4,5)/q+1. The third-order valence-corrected chi connectivity index (χ3v) is 0.741. The molecule has 4 heteroatoms. The fourth-order valence-corrected chi connectivity index (χ4v) is 0.422. The first kappa shape index (κ1) is 3.67. The molecule has 30 valence electrons. The summed E-state index contributed by atoms with van der Waals surface area (Å²) < 4.78 is 6.72. The van der Waals surface area contributed by atoms with E-state index in [2.05, 4.69) is 15.0 Å². The monoisotopic (exact) mass is 101 g/mol. The van der Waals surface area contributed by atoms with E-state index < -0.39 is 0 Å². The van der Waals surface area contributed by atoms with Crippen LogP contribution in [-0.4, -0.2) is 17.2 Å². The van der Waals surface area contributed by atoms with E-state index in [1.165, 1.54) is 0 Å². The first-order valence-corrected chi connectivity index (χ1v) is 2.02. The Hall–Kier alpha value is -0.510. The van der Waals surface area contributed by atoms with Crippen LogP contribution in [0.2, 0.25) is 0 Å². The molecule has 0 aromatic rings. The highest BCUT2D eigenvalue weighted by Crippen LogP contribution is 1.96. The molecule has 0 aromatic heterocycles. The van der Waals surface area contributed by atoms with E-state index >= 15 is 0 Å². The van der Waals surface area contributed by atoms with Crippen molar-refractivity contribution in [2.45, 2.75) is 0 Å². The molecule has 0 amide bonds. The normalized spacial score (nSPS) is 18.3. The molecule has 0 fully saturated rings. The zero-order valence-corrected chi connectivity index (χ0v) is 3.57. The second-order valence-electron chi connectivity index (χ2n) is 0.700. The molecule has 0 saturated heterocycles. The molecular formula is C2HN2OS+. The fourth-order valence-electron chi connectivity index (χ4n) is 0.141. The summed E-state index contributed by atoms with van der Waals surface area (Å²) in [6, 6.07) is 0. The van der Waals surface area contributed by atoms with Gasteiger partial charge in [-0.15, -0.1) is 4.40 Å². The largest absolute Gasteiger partial charge is 0.488 e. The van der Waals surface area contributed by atoms with Gasteiger partial charge in [0.15, 0.2) is 4.40 Å². The summed E-state index contributed by atoms with van der Waals surface area (Å²) in [5, 5.41) is 8.25. The van der Waals surface area contributed by atoms with Crippen LogP contribution in [0.5, 0.6) is 0 Å². The average molecular weight is 101 g/mol. The highest BCUT2D eigenvalue weighted by molar-refractivity contribution is 7.96. The van der Waals surface area contributed by atoms with Crippen LogP contribution in [0.4, 0.5) is 0 Å². The number of aliphatic hydroxyl groups is 1. The number of aliphatic hydroxyl groups excluding tert-OH is 1. The molecule has 1 aliphatic heterocycles. The van der Waals surface area contributed by atoms with E-state index in [4.69, 9.17) is 5.11 Å². The maximum Gasteiger partial charge on any atom is 0.437 e. The third kappa shape index (κ3) is 0.514. The van der Waals surface area contributed by atoms with Gasteiger partial charge in [-0.3, -0.25) is 0 Å². The molecule has 1 N–H and O–H groups in total. The second-order valence-corrected chi connectivity index (χ2v) is 1.23. The third-order valence-electron chi connectivity index (χ3n) is 0.314. The van der Waals surface area contributed by atoms with Crippen LogP contribution < -0.4 is 4.40 Å². The van der Waals surface area contributed by atoms with Crippen LogP contribution in [0.1, 0.15) is 0 Å². The molecule has 0 unspecified atom stereocenters. The molecule has 0 aromatic carbocycles. The fraction of sp³-hybridized carbons (Fsp3) is 0. The molecular weight excluding hydrogens is 100 g/mol. The van der Waals surface area contributed by atoms with Gasteiger partial charge < -0.3 is 5.11 Å². The topological polar surface area (TPSA) is 46.7 Å². The number of hydrogen-bond donors (Lipinski definition) is 1.